The third kappa shape index (κ3) is 3.48. The number of pyridine rings is 1. The van der Waals surface area contributed by atoms with Gasteiger partial charge in [-0.3, -0.25) is 9.88 Å². The van der Waals surface area contributed by atoms with Crippen molar-refractivity contribution in [3.05, 3.63) is 41.7 Å². The maximum Gasteiger partial charge on any atom is 0.159 e. The number of ether oxygens (including phenoxy) is 2. The summed E-state index contributed by atoms with van der Waals surface area (Å²) in [5.74, 6) is 1.97. The van der Waals surface area contributed by atoms with E-state index in [9.17, 15) is 0 Å². The fraction of sp³-hybridized carbons (Fsp3) is 0.588. The number of aromatic nitrogens is 4. The summed E-state index contributed by atoms with van der Waals surface area (Å²) >= 11 is 0. The van der Waals surface area contributed by atoms with Gasteiger partial charge in [-0.15, -0.1) is 10.2 Å². The van der Waals surface area contributed by atoms with Crippen LogP contribution in [0, 0.1) is 0 Å². The number of fused-ring (bicyclic) bond motifs is 1. The second kappa shape index (κ2) is 7.38. The summed E-state index contributed by atoms with van der Waals surface area (Å²) in [5.41, 5.74) is 1.07. The lowest BCUT2D eigenvalue weighted by atomic mass is 10.1. The largest absolute Gasteiger partial charge is 0.381 e. The molecule has 0 unspecified atom stereocenters. The van der Waals surface area contributed by atoms with Gasteiger partial charge in [-0.25, -0.2) is 0 Å². The predicted molar refractivity (Wildman–Crippen MR) is 87.0 cm³/mol. The van der Waals surface area contributed by atoms with Crippen LogP contribution in [0.3, 0.4) is 0 Å². The first-order chi connectivity index (χ1) is 11.9. The lowest BCUT2D eigenvalue weighted by molar-refractivity contribution is 0.0226. The van der Waals surface area contributed by atoms with Crippen LogP contribution in [0.15, 0.2) is 24.5 Å². The van der Waals surface area contributed by atoms with Gasteiger partial charge in [0.15, 0.2) is 5.82 Å². The minimum atomic E-state index is 0.485. The summed E-state index contributed by atoms with van der Waals surface area (Å²) < 4.78 is 13.5. The number of rotatable bonds is 5. The molecule has 24 heavy (non-hydrogen) atoms. The summed E-state index contributed by atoms with van der Waals surface area (Å²) in [6.45, 7) is 5.64. The van der Waals surface area contributed by atoms with E-state index in [4.69, 9.17) is 9.47 Å². The van der Waals surface area contributed by atoms with Gasteiger partial charge in [0.2, 0.25) is 0 Å². The molecule has 128 valence electrons. The van der Waals surface area contributed by atoms with E-state index < -0.39 is 0 Å². The van der Waals surface area contributed by atoms with Crippen LogP contribution in [0.2, 0.25) is 0 Å². The van der Waals surface area contributed by atoms with Gasteiger partial charge in [-0.05, 0) is 24.5 Å². The first-order valence-electron chi connectivity index (χ1n) is 8.59. The Morgan fingerprint density at radius 2 is 2.08 bits per heavy atom. The molecule has 7 heteroatoms. The standard InChI is InChI=1S/C17H23N5O2/c1-2-14(10-18-5-1)12-24-13-17-20-19-16-11-21(6-7-22(16)17)15-3-8-23-9-4-15/h1-2,5,10,15H,3-4,6-9,11-13H2. The Morgan fingerprint density at radius 3 is 2.92 bits per heavy atom. The predicted octanol–water partition coefficient (Wildman–Crippen LogP) is 1.38. The Labute approximate surface area is 141 Å². The second-order valence-electron chi connectivity index (χ2n) is 6.35. The van der Waals surface area contributed by atoms with Crippen LogP contribution in [0.5, 0.6) is 0 Å². The molecule has 0 saturated carbocycles. The van der Waals surface area contributed by atoms with Gasteiger partial charge in [0.25, 0.3) is 0 Å². The Morgan fingerprint density at radius 1 is 1.17 bits per heavy atom. The van der Waals surface area contributed by atoms with Crippen molar-refractivity contribution in [2.75, 3.05) is 19.8 Å². The molecule has 7 nitrogen and oxygen atoms in total. The first-order valence-corrected chi connectivity index (χ1v) is 8.59. The summed E-state index contributed by atoms with van der Waals surface area (Å²) in [6, 6.07) is 4.55. The Balaban J connectivity index is 1.34. The molecular formula is C17H23N5O2. The molecule has 2 aliphatic rings. The average Bonchev–Trinajstić information content (AvgIpc) is 3.06. The molecule has 0 spiro atoms. The topological polar surface area (TPSA) is 65.3 Å². The summed E-state index contributed by atoms with van der Waals surface area (Å²) in [7, 11) is 0. The SMILES string of the molecule is c1cncc(COCc2nnc3n2CCN(C2CCOCC2)C3)c1. The zero-order valence-electron chi connectivity index (χ0n) is 13.8. The van der Waals surface area contributed by atoms with E-state index in [0.29, 0.717) is 19.3 Å². The van der Waals surface area contributed by atoms with E-state index in [1.165, 1.54) is 0 Å². The minimum absolute atomic E-state index is 0.485. The lowest BCUT2D eigenvalue weighted by Crippen LogP contribution is -2.44. The molecule has 0 aliphatic carbocycles. The van der Waals surface area contributed by atoms with E-state index in [1.54, 1.807) is 6.20 Å². The molecule has 1 fully saturated rings. The zero-order chi connectivity index (χ0) is 16.2. The molecular weight excluding hydrogens is 306 g/mol. The number of hydrogen-bond acceptors (Lipinski definition) is 6. The van der Waals surface area contributed by atoms with Gasteiger partial charge in [0, 0.05) is 44.7 Å². The molecule has 2 aromatic rings. The quantitative estimate of drug-likeness (QED) is 0.826. The smallest absolute Gasteiger partial charge is 0.159 e. The van der Waals surface area contributed by atoms with Gasteiger partial charge in [0.1, 0.15) is 12.4 Å². The second-order valence-corrected chi connectivity index (χ2v) is 6.35. The maximum atomic E-state index is 5.78. The van der Waals surface area contributed by atoms with Crippen LogP contribution in [-0.2, 0) is 35.8 Å². The average molecular weight is 329 g/mol. The normalized spacial score (nSPS) is 19.3. The van der Waals surface area contributed by atoms with Crippen molar-refractivity contribution in [1.82, 2.24) is 24.6 Å². The monoisotopic (exact) mass is 329 g/mol. The van der Waals surface area contributed by atoms with Gasteiger partial charge in [-0.2, -0.15) is 0 Å². The van der Waals surface area contributed by atoms with E-state index in [2.05, 4.69) is 24.6 Å². The van der Waals surface area contributed by atoms with Crippen molar-refractivity contribution in [3.63, 3.8) is 0 Å². The molecule has 0 bridgehead atoms. The maximum absolute atomic E-state index is 5.78. The van der Waals surface area contributed by atoms with Crippen molar-refractivity contribution >= 4 is 0 Å². The van der Waals surface area contributed by atoms with Crippen molar-refractivity contribution in [1.29, 1.82) is 0 Å². The van der Waals surface area contributed by atoms with E-state index in [0.717, 1.165) is 62.9 Å². The van der Waals surface area contributed by atoms with Crippen molar-refractivity contribution in [2.24, 2.45) is 0 Å². The van der Waals surface area contributed by atoms with Crippen LogP contribution >= 0.6 is 0 Å². The molecule has 2 aliphatic heterocycles. The zero-order valence-corrected chi connectivity index (χ0v) is 13.8. The van der Waals surface area contributed by atoms with Gasteiger partial charge >= 0.3 is 0 Å². The van der Waals surface area contributed by atoms with E-state index in [1.807, 2.05) is 18.3 Å². The van der Waals surface area contributed by atoms with Gasteiger partial charge in [-0.1, -0.05) is 6.07 Å². The molecule has 4 rings (SSSR count). The third-order valence-electron chi connectivity index (χ3n) is 4.79. The molecule has 1 saturated heterocycles. The molecule has 0 atom stereocenters. The van der Waals surface area contributed by atoms with Crippen LogP contribution in [0.4, 0.5) is 0 Å². The summed E-state index contributed by atoms with van der Waals surface area (Å²) in [5, 5.41) is 8.70. The summed E-state index contributed by atoms with van der Waals surface area (Å²) in [6.07, 6.45) is 5.83. The van der Waals surface area contributed by atoms with E-state index in [-0.39, 0.29) is 0 Å². The van der Waals surface area contributed by atoms with Crippen molar-refractivity contribution < 1.29 is 9.47 Å². The highest BCUT2D eigenvalue weighted by Crippen LogP contribution is 2.21. The van der Waals surface area contributed by atoms with Crippen LogP contribution in [-0.4, -0.2) is 50.4 Å². The van der Waals surface area contributed by atoms with Crippen LogP contribution in [0.25, 0.3) is 0 Å². The summed E-state index contributed by atoms with van der Waals surface area (Å²) in [4.78, 5) is 6.62. The Kier molecular flexibility index (Phi) is 4.82. The molecule has 0 amide bonds. The van der Waals surface area contributed by atoms with Gasteiger partial charge in [0.05, 0.1) is 13.2 Å². The fourth-order valence-corrected chi connectivity index (χ4v) is 3.45. The van der Waals surface area contributed by atoms with Gasteiger partial charge < -0.3 is 14.0 Å². The van der Waals surface area contributed by atoms with E-state index >= 15 is 0 Å². The Bertz CT molecular complexity index is 654. The van der Waals surface area contributed by atoms with Crippen molar-refractivity contribution in [2.45, 2.75) is 45.2 Å². The Hall–Kier alpha value is -1.83. The highest BCUT2D eigenvalue weighted by molar-refractivity contribution is 5.07. The number of hydrogen-bond donors (Lipinski definition) is 0. The lowest BCUT2D eigenvalue weighted by Gasteiger charge is -2.36. The highest BCUT2D eigenvalue weighted by atomic mass is 16.5. The van der Waals surface area contributed by atoms with Crippen LogP contribution in [0.1, 0.15) is 30.1 Å². The molecule has 0 radical (unpaired) electrons. The molecule has 0 aromatic carbocycles. The van der Waals surface area contributed by atoms with Crippen molar-refractivity contribution in [3.8, 4) is 0 Å². The first kappa shape index (κ1) is 15.7. The molecule has 4 heterocycles. The minimum Gasteiger partial charge on any atom is -0.381 e. The highest BCUT2D eigenvalue weighted by Gasteiger charge is 2.27. The molecule has 2 aromatic heterocycles. The number of nitrogens with zero attached hydrogens (tertiary/aromatic N) is 5. The fourth-order valence-electron chi connectivity index (χ4n) is 3.45. The molecule has 0 N–H and O–H groups in total. The third-order valence-corrected chi connectivity index (χ3v) is 4.79. The van der Waals surface area contributed by atoms with Crippen LogP contribution < -0.4 is 0 Å².